The molecule has 1 atom stereocenters. The maximum atomic E-state index is 12.1. The van der Waals surface area contributed by atoms with Gasteiger partial charge in [-0.3, -0.25) is 4.57 Å². The summed E-state index contributed by atoms with van der Waals surface area (Å²) in [6, 6.07) is 3.15. The van der Waals surface area contributed by atoms with Gasteiger partial charge in [-0.15, -0.1) is 0 Å². The molecule has 0 aliphatic carbocycles. The van der Waals surface area contributed by atoms with Crippen LogP contribution in [0.25, 0.3) is 0 Å². The fraction of sp³-hybridized carbons (Fsp3) is 0.455. The molecular formula is C11H16NO5P. The van der Waals surface area contributed by atoms with Crippen LogP contribution in [0.15, 0.2) is 18.3 Å². The van der Waals surface area contributed by atoms with Gasteiger partial charge in [-0.05, 0) is 18.6 Å². The number of carbonyl (C=O) groups is 1. The smallest absolute Gasteiger partial charge is 0.356 e. The van der Waals surface area contributed by atoms with E-state index in [2.05, 4.69) is 9.72 Å². The number of rotatable bonds is 6. The summed E-state index contributed by atoms with van der Waals surface area (Å²) in [7, 11) is -0.500. The minimum absolute atomic E-state index is 0.117. The molecule has 0 aliphatic rings. The van der Waals surface area contributed by atoms with Crippen molar-refractivity contribution in [2.45, 2.75) is 13.1 Å². The summed E-state index contributed by atoms with van der Waals surface area (Å²) in [4.78, 5) is 15.1. The highest BCUT2D eigenvalue weighted by atomic mass is 31.2. The Morgan fingerprint density at radius 3 is 2.56 bits per heavy atom. The van der Waals surface area contributed by atoms with E-state index >= 15 is 0 Å². The number of nitrogens with zero attached hydrogens (tertiary/aromatic N) is 1. The second-order valence-electron chi connectivity index (χ2n) is 3.41. The molecule has 0 N–H and O–H groups in total. The van der Waals surface area contributed by atoms with E-state index in [9.17, 15) is 9.36 Å². The minimum Gasteiger partial charge on any atom is -0.464 e. The van der Waals surface area contributed by atoms with Crippen molar-refractivity contribution in [2.75, 3.05) is 20.8 Å². The van der Waals surface area contributed by atoms with E-state index in [1.165, 1.54) is 26.5 Å². The Morgan fingerprint density at radius 1 is 1.39 bits per heavy atom. The Bertz CT molecular complexity index is 445. The van der Waals surface area contributed by atoms with Crippen LogP contribution in [0.3, 0.4) is 0 Å². The van der Waals surface area contributed by atoms with Crippen LogP contribution in [0.1, 0.15) is 23.0 Å². The summed E-state index contributed by atoms with van der Waals surface area (Å²) in [5.74, 6) is -0.513. The van der Waals surface area contributed by atoms with Gasteiger partial charge in [0.15, 0.2) is 0 Å². The molecule has 0 aromatic carbocycles. The number of ether oxygens (including phenoxy) is 1. The lowest BCUT2D eigenvalue weighted by atomic mass is 10.3. The van der Waals surface area contributed by atoms with Crippen LogP contribution < -0.4 is 0 Å². The number of hydrogen-bond acceptors (Lipinski definition) is 6. The molecule has 0 spiro atoms. The fourth-order valence-electron chi connectivity index (χ4n) is 1.33. The van der Waals surface area contributed by atoms with Gasteiger partial charge in [-0.2, -0.15) is 0 Å². The monoisotopic (exact) mass is 273 g/mol. The topological polar surface area (TPSA) is 74.7 Å². The highest BCUT2D eigenvalue weighted by Gasteiger charge is 2.23. The van der Waals surface area contributed by atoms with Gasteiger partial charge >= 0.3 is 13.6 Å². The zero-order valence-corrected chi connectivity index (χ0v) is 11.5. The van der Waals surface area contributed by atoms with Crippen molar-refractivity contribution in [1.82, 2.24) is 4.98 Å². The molecular weight excluding hydrogens is 257 g/mol. The first kappa shape index (κ1) is 14.8. The lowest BCUT2D eigenvalue weighted by Gasteiger charge is -2.14. The van der Waals surface area contributed by atoms with Crippen molar-refractivity contribution in [1.29, 1.82) is 0 Å². The number of carbonyl (C=O) groups excluding carboxylic acids is 1. The molecule has 1 aromatic heterocycles. The molecule has 100 valence electrons. The first-order chi connectivity index (χ1) is 8.54. The van der Waals surface area contributed by atoms with Crippen LogP contribution >= 0.6 is 7.60 Å². The molecule has 6 nitrogen and oxygen atoms in total. The Morgan fingerprint density at radius 2 is 2.11 bits per heavy atom. The van der Waals surface area contributed by atoms with Crippen molar-refractivity contribution in [2.24, 2.45) is 0 Å². The second kappa shape index (κ2) is 6.64. The van der Waals surface area contributed by atoms with Crippen molar-refractivity contribution in [3.8, 4) is 0 Å². The van der Waals surface area contributed by atoms with E-state index in [1.54, 1.807) is 13.0 Å². The normalized spacial score (nSPS) is 13.9. The van der Waals surface area contributed by atoms with Gasteiger partial charge < -0.3 is 13.8 Å². The number of esters is 1. The van der Waals surface area contributed by atoms with Crippen molar-refractivity contribution in [3.63, 3.8) is 0 Å². The third-order valence-electron chi connectivity index (χ3n) is 2.20. The maximum absolute atomic E-state index is 12.1. The third kappa shape index (κ3) is 3.91. The maximum Gasteiger partial charge on any atom is 0.356 e. The van der Waals surface area contributed by atoms with E-state index < -0.39 is 13.6 Å². The predicted octanol–water partition coefficient (Wildman–Crippen LogP) is 2.24. The van der Waals surface area contributed by atoms with Crippen molar-refractivity contribution < 1.29 is 23.1 Å². The summed E-state index contributed by atoms with van der Waals surface area (Å²) in [6.07, 6.45) is 1.57. The fourth-order valence-corrected chi connectivity index (χ4v) is 2.68. The Hall–Kier alpha value is -1.23. The second-order valence-corrected chi connectivity index (χ2v) is 5.57. The average Bonchev–Trinajstić information content (AvgIpc) is 2.39. The molecule has 1 heterocycles. The number of aromatic nitrogens is 1. The molecule has 0 saturated heterocycles. The van der Waals surface area contributed by atoms with E-state index in [1.807, 2.05) is 0 Å². The molecule has 18 heavy (non-hydrogen) atoms. The predicted molar refractivity (Wildman–Crippen MR) is 65.5 cm³/mol. The van der Waals surface area contributed by atoms with E-state index in [0.717, 1.165) is 0 Å². The third-order valence-corrected chi connectivity index (χ3v) is 4.16. The van der Waals surface area contributed by atoms with Crippen LogP contribution in [0.2, 0.25) is 0 Å². The van der Waals surface area contributed by atoms with Crippen LogP contribution in [-0.4, -0.2) is 31.8 Å². The highest BCUT2D eigenvalue weighted by Crippen LogP contribution is 2.50. The van der Waals surface area contributed by atoms with Gasteiger partial charge in [0, 0.05) is 13.3 Å². The minimum atomic E-state index is -3.12. The summed E-state index contributed by atoms with van der Waals surface area (Å²) in [5.41, 5.74) is 0.867. The molecule has 0 amide bonds. The molecule has 0 aliphatic heterocycles. The SMILES string of the molecule is CCOP(=O)(Cc1ccc(C(=O)OC)nc1)OC. The van der Waals surface area contributed by atoms with Gasteiger partial charge in [-0.25, -0.2) is 9.78 Å². The quantitative estimate of drug-likeness (QED) is 0.584. The van der Waals surface area contributed by atoms with Crippen molar-refractivity contribution in [3.05, 3.63) is 29.6 Å². The van der Waals surface area contributed by atoms with E-state index in [-0.39, 0.29) is 11.9 Å². The summed E-state index contributed by atoms with van der Waals surface area (Å²) in [6.45, 7) is 2.04. The molecule has 0 radical (unpaired) electrons. The molecule has 0 saturated carbocycles. The van der Waals surface area contributed by atoms with Gasteiger partial charge in [-0.1, -0.05) is 6.07 Å². The Labute approximate surface area is 106 Å². The largest absolute Gasteiger partial charge is 0.464 e. The lowest BCUT2D eigenvalue weighted by molar-refractivity contribution is 0.0594. The zero-order valence-electron chi connectivity index (χ0n) is 10.6. The van der Waals surface area contributed by atoms with Crippen LogP contribution in [0.5, 0.6) is 0 Å². The van der Waals surface area contributed by atoms with Gasteiger partial charge in [0.1, 0.15) is 5.69 Å². The lowest BCUT2D eigenvalue weighted by Crippen LogP contribution is -2.04. The number of methoxy groups -OCH3 is 1. The van der Waals surface area contributed by atoms with Crippen molar-refractivity contribution >= 4 is 13.6 Å². The number of hydrogen-bond donors (Lipinski definition) is 0. The van der Waals surface area contributed by atoms with Gasteiger partial charge in [0.05, 0.1) is 19.9 Å². The van der Waals surface area contributed by atoms with Crippen LogP contribution in [0.4, 0.5) is 0 Å². The zero-order chi connectivity index (χ0) is 13.6. The summed E-state index contributed by atoms with van der Waals surface area (Å²) < 4.78 is 26.6. The Balaban J connectivity index is 2.80. The number of pyridine rings is 1. The standard InChI is InChI=1S/C11H16NO5P/c1-4-17-18(14,16-3)8-9-5-6-10(12-7-9)11(13)15-2/h5-7H,4,8H2,1-3H3. The van der Waals surface area contributed by atoms with E-state index in [4.69, 9.17) is 9.05 Å². The summed E-state index contributed by atoms with van der Waals surface area (Å²) >= 11 is 0. The van der Waals surface area contributed by atoms with E-state index in [0.29, 0.717) is 12.2 Å². The Kier molecular flexibility index (Phi) is 5.47. The van der Waals surface area contributed by atoms with Crippen LogP contribution in [0, 0.1) is 0 Å². The molecule has 1 unspecified atom stereocenters. The molecule has 0 bridgehead atoms. The molecule has 1 aromatic rings. The molecule has 7 heteroatoms. The summed E-state index contributed by atoms with van der Waals surface area (Å²) in [5, 5.41) is 0. The molecule has 0 fully saturated rings. The average molecular weight is 273 g/mol. The first-order valence-corrected chi connectivity index (χ1v) is 7.10. The van der Waals surface area contributed by atoms with Gasteiger partial charge in [0.25, 0.3) is 0 Å². The molecule has 1 rings (SSSR count). The first-order valence-electron chi connectivity index (χ1n) is 5.37. The van der Waals surface area contributed by atoms with Crippen LogP contribution in [-0.2, 0) is 24.5 Å². The highest BCUT2D eigenvalue weighted by molar-refractivity contribution is 7.53. The van der Waals surface area contributed by atoms with Gasteiger partial charge in [0.2, 0.25) is 0 Å².